The number of nitrogens with zero attached hydrogens (tertiary/aromatic N) is 2. The molecule has 0 atom stereocenters. The van der Waals surface area contributed by atoms with Crippen LogP contribution in [-0.2, 0) is 6.42 Å². The summed E-state index contributed by atoms with van der Waals surface area (Å²) in [6, 6.07) is 10.0. The first kappa shape index (κ1) is 11.5. The first-order valence-corrected chi connectivity index (χ1v) is 5.73. The summed E-state index contributed by atoms with van der Waals surface area (Å²) in [7, 11) is 0. The SMILES string of the molecule is C=CCc1cn(OCC)c(-c2ccccc2)n1. The minimum absolute atomic E-state index is 0.615. The van der Waals surface area contributed by atoms with Crippen LogP contribution in [0.15, 0.2) is 49.2 Å². The maximum atomic E-state index is 5.54. The van der Waals surface area contributed by atoms with Crippen LogP contribution in [0.3, 0.4) is 0 Å². The van der Waals surface area contributed by atoms with Gasteiger partial charge in [-0.15, -0.1) is 6.58 Å². The van der Waals surface area contributed by atoms with E-state index in [1.54, 1.807) is 4.73 Å². The topological polar surface area (TPSA) is 27.1 Å². The summed E-state index contributed by atoms with van der Waals surface area (Å²) < 4.78 is 1.73. The van der Waals surface area contributed by atoms with Crippen LogP contribution >= 0.6 is 0 Å². The summed E-state index contributed by atoms with van der Waals surface area (Å²) in [6.07, 6.45) is 4.50. The molecule has 2 aromatic rings. The second-order valence-electron chi connectivity index (χ2n) is 3.66. The second-order valence-corrected chi connectivity index (χ2v) is 3.66. The summed E-state index contributed by atoms with van der Waals surface area (Å²) in [5.74, 6) is 0.837. The molecule has 2 rings (SSSR count). The Bertz CT molecular complexity index is 488. The normalized spacial score (nSPS) is 10.2. The van der Waals surface area contributed by atoms with E-state index < -0.39 is 0 Å². The van der Waals surface area contributed by atoms with Crippen LogP contribution in [0.2, 0.25) is 0 Å². The molecule has 17 heavy (non-hydrogen) atoms. The van der Waals surface area contributed by atoms with E-state index in [0.717, 1.165) is 23.5 Å². The Morgan fingerprint density at radius 2 is 2.12 bits per heavy atom. The molecule has 0 spiro atoms. The first-order chi connectivity index (χ1) is 8.35. The largest absolute Gasteiger partial charge is 0.413 e. The number of imidazole rings is 1. The van der Waals surface area contributed by atoms with Gasteiger partial charge in [0, 0.05) is 12.0 Å². The lowest BCUT2D eigenvalue weighted by Crippen LogP contribution is -2.10. The lowest BCUT2D eigenvalue weighted by atomic mass is 10.2. The molecule has 1 aromatic heterocycles. The van der Waals surface area contributed by atoms with Gasteiger partial charge in [-0.3, -0.25) is 0 Å². The summed E-state index contributed by atoms with van der Waals surface area (Å²) in [6.45, 7) is 6.30. The lowest BCUT2D eigenvalue weighted by molar-refractivity contribution is 0.125. The van der Waals surface area contributed by atoms with Crippen LogP contribution in [0.5, 0.6) is 0 Å². The fourth-order valence-electron chi connectivity index (χ4n) is 1.67. The summed E-state index contributed by atoms with van der Waals surface area (Å²) in [5, 5.41) is 0. The smallest absolute Gasteiger partial charge is 0.175 e. The zero-order chi connectivity index (χ0) is 12.1. The molecule has 0 saturated heterocycles. The van der Waals surface area contributed by atoms with E-state index in [-0.39, 0.29) is 0 Å². The average Bonchev–Trinajstić information content (AvgIpc) is 2.74. The molecule has 0 amide bonds. The van der Waals surface area contributed by atoms with Crippen LogP contribution in [0.4, 0.5) is 0 Å². The molecule has 0 radical (unpaired) electrons. The van der Waals surface area contributed by atoms with Gasteiger partial charge in [-0.2, -0.15) is 4.73 Å². The average molecular weight is 228 g/mol. The van der Waals surface area contributed by atoms with E-state index in [4.69, 9.17) is 4.84 Å². The van der Waals surface area contributed by atoms with Crippen molar-refractivity contribution in [2.24, 2.45) is 0 Å². The van der Waals surface area contributed by atoms with Crippen LogP contribution in [0.25, 0.3) is 11.4 Å². The maximum absolute atomic E-state index is 5.54. The van der Waals surface area contributed by atoms with Gasteiger partial charge in [0.1, 0.15) is 6.61 Å². The van der Waals surface area contributed by atoms with Crippen LogP contribution in [0.1, 0.15) is 12.6 Å². The first-order valence-electron chi connectivity index (χ1n) is 5.73. The number of hydrogen-bond acceptors (Lipinski definition) is 2. The Labute approximate surface area is 101 Å². The minimum Gasteiger partial charge on any atom is -0.413 e. The quantitative estimate of drug-likeness (QED) is 0.736. The highest BCUT2D eigenvalue weighted by molar-refractivity contribution is 5.55. The number of rotatable bonds is 5. The van der Waals surface area contributed by atoms with Gasteiger partial charge < -0.3 is 4.84 Å². The van der Waals surface area contributed by atoms with E-state index in [1.165, 1.54) is 0 Å². The van der Waals surface area contributed by atoms with Crippen molar-refractivity contribution in [3.05, 3.63) is 54.9 Å². The van der Waals surface area contributed by atoms with E-state index >= 15 is 0 Å². The third-order valence-electron chi connectivity index (χ3n) is 2.38. The van der Waals surface area contributed by atoms with Crippen molar-refractivity contribution < 1.29 is 4.84 Å². The van der Waals surface area contributed by atoms with E-state index in [0.29, 0.717) is 6.61 Å². The highest BCUT2D eigenvalue weighted by atomic mass is 16.7. The van der Waals surface area contributed by atoms with Crippen molar-refractivity contribution in [3.63, 3.8) is 0 Å². The van der Waals surface area contributed by atoms with Crippen molar-refractivity contribution in [2.45, 2.75) is 13.3 Å². The molecule has 1 aromatic carbocycles. The third kappa shape index (κ3) is 2.56. The highest BCUT2D eigenvalue weighted by Crippen LogP contribution is 2.18. The molecule has 0 aliphatic carbocycles. The molecule has 0 N–H and O–H groups in total. The number of benzene rings is 1. The minimum atomic E-state index is 0.615. The van der Waals surface area contributed by atoms with Gasteiger partial charge in [0.25, 0.3) is 0 Å². The standard InChI is InChI=1S/C14H16N2O/c1-3-8-13-11-16(17-4-2)14(15-13)12-9-6-5-7-10-12/h3,5-7,9-11H,1,4,8H2,2H3. The zero-order valence-corrected chi connectivity index (χ0v) is 9.97. The van der Waals surface area contributed by atoms with Crippen molar-refractivity contribution in [3.8, 4) is 11.4 Å². The van der Waals surface area contributed by atoms with Gasteiger partial charge in [0.2, 0.25) is 0 Å². The molecule has 0 unspecified atom stereocenters. The molecule has 3 nitrogen and oxygen atoms in total. The molecular weight excluding hydrogens is 212 g/mol. The third-order valence-corrected chi connectivity index (χ3v) is 2.38. The number of hydrogen-bond donors (Lipinski definition) is 0. The van der Waals surface area contributed by atoms with Gasteiger partial charge in [-0.1, -0.05) is 36.4 Å². The fraction of sp³-hybridized carbons (Fsp3) is 0.214. The molecule has 0 aliphatic heterocycles. The van der Waals surface area contributed by atoms with Crippen LogP contribution in [0, 0.1) is 0 Å². The molecule has 0 bridgehead atoms. The van der Waals surface area contributed by atoms with E-state index in [2.05, 4.69) is 11.6 Å². The van der Waals surface area contributed by atoms with E-state index in [9.17, 15) is 0 Å². The molecule has 0 fully saturated rings. The highest BCUT2D eigenvalue weighted by Gasteiger charge is 2.09. The van der Waals surface area contributed by atoms with Crippen LogP contribution in [-0.4, -0.2) is 16.3 Å². The molecular formula is C14H16N2O. The molecule has 88 valence electrons. The van der Waals surface area contributed by atoms with Gasteiger partial charge in [-0.25, -0.2) is 4.98 Å². The molecule has 3 heteroatoms. The maximum Gasteiger partial charge on any atom is 0.175 e. The van der Waals surface area contributed by atoms with Crippen LogP contribution < -0.4 is 4.84 Å². The predicted octanol–water partition coefficient (Wildman–Crippen LogP) is 2.73. The molecule has 0 saturated carbocycles. The monoisotopic (exact) mass is 228 g/mol. The van der Waals surface area contributed by atoms with Crippen molar-refractivity contribution in [2.75, 3.05) is 6.61 Å². The van der Waals surface area contributed by atoms with Gasteiger partial charge in [0.15, 0.2) is 5.82 Å². The predicted molar refractivity (Wildman–Crippen MR) is 68.7 cm³/mol. The Kier molecular flexibility index (Phi) is 3.60. The van der Waals surface area contributed by atoms with Crippen molar-refractivity contribution in [1.29, 1.82) is 0 Å². The molecule has 0 aliphatic rings. The number of allylic oxidation sites excluding steroid dienone is 1. The Morgan fingerprint density at radius 1 is 1.35 bits per heavy atom. The number of aromatic nitrogens is 2. The fourth-order valence-corrected chi connectivity index (χ4v) is 1.67. The van der Waals surface area contributed by atoms with Gasteiger partial charge in [0.05, 0.1) is 11.9 Å². The Morgan fingerprint density at radius 3 is 2.76 bits per heavy atom. The second kappa shape index (κ2) is 5.34. The van der Waals surface area contributed by atoms with Crippen molar-refractivity contribution in [1.82, 2.24) is 9.71 Å². The Hall–Kier alpha value is -2.03. The van der Waals surface area contributed by atoms with Gasteiger partial charge >= 0.3 is 0 Å². The molecule has 1 heterocycles. The summed E-state index contributed by atoms with van der Waals surface area (Å²) in [5.41, 5.74) is 2.02. The lowest BCUT2D eigenvalue weighted by Gasteiger charge is -2.06. The van der Waals surface area contributed by atoms with Gasteiger partial charge in [-0.05, 0) is 6.92 Å². The summed E-state index contributed by atoms with van der Waals surface area (Å²) >= 11 is 0. The van der Waals surface area contributed by atoms with Crippen molar-refractivity contribution >= 4 is 0 Å². The Balaban J connectivity index is 2.40. The van der Waals surface area contributed by atoms with E-state index in [1.807, 2.05) is 49.5 Å². The summed E-state index contributed by atoms with van der Waals surface area (Å²) in [4.78, 5) is 10.1. The zero-order valence-electron chi connectivity index (χ0n) is 9.97.